The van der Waals surface area contributed by atoms with Crippen molar-refractivity contribution in [3.8, 4) is 35.0 Å². The predicted octanol–water partition coefficient (Wildman–Crippen LogP) is 5.93. The summed E-state index contributed by atoms with van der Waals surface area (Å²) in [4.78, 5) is 11.2. The lowest BCUT2D eigenvalue weighted by Crippen LogP contribution is -2.41. The molecular formula is C27H26BrClN2O3. The molecule has 0 aliphatic heterocycles. The maximum Gasteiger partial charge on any atom is 0.218 e. The number of ether oxygens (including phenoxy) is 2. The van der Waals surface area contributed by atoms with Gasteiger partial charge in [-0.15, -0.1) is 6.42 Å². The van der Waals surface area contributed by atoms with Crippen molar-refractivity contribution in [2.24, 2.45) is 0 Å². The van der Waals surface area contributed by atoms with Crippen molar-refractivity contribution >= 4 is 33.4 Å². The van der Waals surface area contributed by atoms with E-state index in [0.717, 1.165) is 26.7 Å². The van der Waals surface area contributed by atoms with Crippen molar-refractivity contribution in [3.05, 3.63) is 81.3 Å². The fourth-order valence-electron chi connectivity index (χ4n) is 3.38. The summed E-state index contributed by atoms with van der Waals surface area (Å²) in [5, 5.41) is 6.44. The van der Waals surface area contributed by atoms with E-state index in [2.05, 4.69) is 50.7 Å². The molecule has 0 aromatic heterocycles. The first-order valence-corrected chi connectivity index (χ1v) is 11.9. The van der Waals surface area contributed by atoms with Gasteiger partial charge >= 0.3 is 0 Å². The van der Waals surface area contributed by atoms with E-state index in [4.69, 9.17) is 27.5 Å². The van der Waals surface area contributed by atoms with Gasteiger partial charge in [-0.05, 0) is 40.0 Å². The highest BCUT2D eigenvalue weighted by molar-refractivity contribution is 9.10. The topological polar surface area (TPSA) is 59.6 Å². The second kappa shape index (κ2) is 12.5. The normalized spacial score (nSPS) is 11.4. The van der Waals surface area contributed by atoms with E-state index in [-0.39, 0.29) is 18.7 Å². The third-order valence-corrected chi connectivity index (χ3v) is 6.22. The van der Waals surface area contributed by atoms with Crippen LogP contribution in [0.4, 0.5) is 0 Å². The number of benzene rings is 3. The second-order valence-electron chi connectivity index (χ2n) is 7.62. The largest absolute Gasteiger partial charge is 0.487 e. The molecule has 2 N–H and O–H groups in total. The Morgan fingerprint density at radius 2 is 1.85 bits per heavy atom. The van der Waals surface area contributed by atoms with Gasteiger partial charge in [-0.3, -0.25) is 10.1 Å². The quantitative estimate of drug-likeness (QED) is 0.247. The number of carbonyl (C=O) groups excluding carboxylic acids is 1. The molecule has 0 aliphatic rings. The number of carbonyl (C=O) groups is 1. The van der Waals surface area contributed by atoms with Crippen LogP contribution in [-0.4, -0.2) is 18.7 Å². The van der Waals surface area contributed by atoms with E-state index in [0.29, 0.717) is 29.7 Å². The molecule has 0 bridgehead atoms. The number of terminal acetylenes is 1. The van der Waals surface area contributed by atoms with Crippen LogP contribution in [0.2, 0.25) is 5.02 Å². The van der Waals surface area contributed by atoms with E-state index >= 15 is 0 Å². The molecular weight excluding hydrogens is 516 g/mol. The first kappa shape index (κ1) is 25.6. The first-order valence-electron chi connectivity index (χ1n) is 10.7. The van der Waals surface area contributed by atoms with Gasteiger partial charge in [-0.25, -0.2) is 0 Å². The van der Waals surface area contributed by atoms with Gasteiger partial charge in [-0.1, -0.05) is 66.1 Å². The second-order valence-corrected chi connectivity index (χ2v) is 8.82. The molecule has 0 saturated carbocycles. The molecule has 0 saturated heterocycles. The number of hydrogen-bond acceptors (Lipinski definition) is 4. The number of nitrogens with one attached hydrogen (secondary N) is 2. The van der Waals surface area contributed by atoms with Gasteiger partial charge in [-0.2, -0.15) is 0 Å². The van der Waals surface area contributed by atoms with Gasteiger partial charge in [0, 0.05) is 35.1 Å². The van der Waals surface area contributed by atoms with E-state index in [1.165, 1.54) is 6.92 Å². The molecule has 1 amide bonds. The number of amides is 1. The fourth-order valence-corrected chi connectivity index (χ4v) is 4.23. The molecule has 0 radical (unpaired) electrons. The maximum atomic E-state index is 11.2. The van der Waals surface area contributed by atoms with Gasteiger partial charge in [0.05, 0.1) is 11.2 Å². The summed E-state index contributed by atoms with van der Waals surface area (Å²) < 4.78 is 12.8. The smallest absolute Gasteiger partial charge is 0.218 e. The van der Waals surface area contributed by atoms with Crippen molar-refractivity contribution in [1.29, 1.82) is 0 Å². The highest BCUT2D eigenvalue weighted by Gasteiger charge is 2.14. The number of hydrogen-bond donors (Lipinski definition) is 2. The predicted molar refractivity (Wildman–Crippen MR) is 140 cm³/mol. The molecule has 34 heavy (non-hydrogen) atoms. The van der Waals surface area contributed by atoms with Crippen molar-refractivity contribution < 1.29 is 14.3 Å². The van der Waals surface area contributed by atoms with Crippen LogP contribution in [0.1, 0.15) is 25.0 Å². The molecule has 0 fully saturated rings. The Bertz CT molecular complexity index is 1180. The Morgan fingerprint density at radius 1 is 1.09 bits per heavy atom. The SMILES string of the molecule is C#CCOc1cc(OCc2cccc(-c3ccccc3)c2Br)c(Cl)cc1CNC(C)NC(C)=O. The highest BCUT2D eigenvalue weighted by Crippen LogP contribution is 2.35. The zero-order chi connectivity index (χ0) is 24.5. The lowest BCUT2D eigenvalue weighted by Gasteiger charge is -2.18. The van der Waals surface area contributed by atoms with Crippen molar-refractivity contribution in [3.63, 3.8) is 0 Å². The maximum absolute atomic E-state index is 11.2. The summed E-state index contributed by atoms with van der Waals surface area (Å²) in [5.41, 5.74) is 3.99. The molecule has 3 aromatic rings. The third-order valence-electron chi connectivity index (χ3n) is 4.99. The van der Waals surface area contributed by atoms with Gasteiger partial charge in [0.25, 0.3) is 0 Å². The van der Waals surface area contributed by atoms with Gasteiger partial charge in [0.2, 0.25) is 5.91 Å². The first-order chi connectivity index (χ1) is 16.4. The van der Waals surface area contributed by atoms with Gasteiger partial charge < -0.3 is 14.8 Å². The van der Waals surface area contributed by atoms with Crippen LogP contribution >= 0.6 is 27.5 Å². The van der Waals surface area contributed by atoms with Crippen LogP contribution in [0.3, 0.4) is 0 Å². The molecule has 5 nitrogen and oxygen atoms in total. The summed E-state index contributed by atoms with van der Waals surface area (Å²) in [6, 6.07) is 19.7. The van der Waals surface area contributed by atoms with E-state index in [1.807, 2.05) is 37.3 Å². The summed E-state index contributed by atoms with van der Waals surface area (Å²) in [6.45, 7) is 4.17. The minimum absolute atomic E-state index is 0.111. The molecule has 1 unspecified atom stereocenters. The molecule has 3 aromatic carbocycles. The lowest BCUT2D eigenvalue weighted by atomic mass is 10.0. The number of rotatable bonds is 10. The van der Waals surface area contributed by atoms with Crippen LogP contribution in [-0.2, 0) is 17.9 Å². The zero-order valence-corrected chi connectivity index (χ0v) is 21.4. The van der Waals surface area contributed by atoms with Crippen LogP contribution in [0.5, 0.6) is 11.5 Å². The van der Waals surface area contributed by atoms with Gasteiger partial charge in [0.15, 0.2) is 0 Å². The van der Waals surface area contributed by atoms with Crippen molar-refractivity contribution in [2.75, 3.05) is 6.61 Å². The summed E-state index contributed by atoms with van der Waals surface area (Å²) >= 11 is 10.3. The molecule has 3 rings (SSSR count). The number of halogens is 2. The third kappa shape index (κ3) is 7.01. The van der Waals surface area contributed by atoms with Crippen LogP contribution in [0, 0.1) is 12.3 Å². The monoisotopic (exact) mass is 540 g/mol. The van der Waals surface area contributed by atoms with Gasteiger partial charge in [0.1, 0.15) is 24.7 Å². The van der Waals surface area contributed by atoms with Crippen LogP contribution in [0.15, 0.2) is 65.1 Å². The zero-order valence-electron chi connectivity index (χ0n) is 19.0. The van der Waals surface area contributed by atoms with E-state index in [1.54, 1.807) is 12.1 Å². The lowest BCUT2D eigenvalue weighted by molar-refractivity contribution is -0.119. The molecule has 7 heteroatoms. The van der Waals surface area contributed by atoms with Crippen molar-refractivity contribution in [2.45, 2.75) is 33.2 Å². The Labute approximate surface area is 213 Å². The average molecular weight is 542 g/mol. The standard InChI is InChI=1S/C27H26BrClN2O3/c1-4-13-33-25-15-26(24(29)14-22(25)16-30-18(2)31-19(3)32)34-17-21-11-8-12-23(27(21)28)20-9-6-5-7-10-20/h1,5-12,14-15,18,30H,13,16-17H2,2-3H3,(H,31,32). The van der Waals surface area contributed by atoms with E-state index < -0.39 is 0 Å². The molecule has 0 aliphatic carbocycles. The Hall–Kier alpha value is -2.98. The van der Waals surface area contributed by atoms with E-state index in [9.17, 15) is 4.79 Å². The Morgan fingerprint density at radius 3 is 2.56 bits per heavy atom. The highest BCUT2D eigenvalue weighted by atomic mass is 79.9. The summed E-state index contributed by atoms with van der Waals surface area (Å²) in [6.07, 6.45) is 5.16. The molecule has 1 atom stereocenters. The average Bonchev–Trinajstić information content (AvgIpc) is 2.82. The van der Waals surface area contributed by atoms with Crippen molar-refractivity contribution in [1.82, 2.24) is 10.6 Å². The minimum atomic E-state index is -0.220. The summed E-state index contributed by atoms with van der Waals surface area (Å²) in [5.74, 6) is 3.42. The molecule has 0 heterocycles. The fraction of sp³-hybridized carbons (Fsp3) is 0.222. The van der Waals surface area contributed by atoms with Crippen LogP contribution in [0.25, 0.3) is 11.1 Å². The Balaban J connectivity index is 1.78. The minimum Gasteiger partial charge on any atom is -0.487 e. The van der Waals surface area contributed by atoms with Crippen LogP contribution < -0.4 is 20.1 Å². The summed E-state index contributed by atoms with van der Waals surface area (Å²) in [7, 11) is 0. The molecule has 0 spiro atoms. The Kier molecular flexibility index (Phi) is 9.41. The molecule has 176 valence electrons.